The van der Waals surface area contributed by atoms with E-state index >= 15 is 0 Å². The number of rotatable bonds is 10. The molecule has 0 saturated heterocycles. The number of aryl methyl sites for hydroxylation is 1. The molecule has 4 aromatic rings. The van der Waals surface area contributed by atoms with E-state index in [4.69, 9.17) is 11.6 Å². The average molecular weight is 483 g/mol. The molecule has 0 aliphatic heterocycles. The third-order valence-electron chi connectivity index (χ3n) is 5.26. The van der Waals surface area contributed by atoms with E-state index in [1.807, 2.05) is 40.3 Å². The SMILES string of the molecule is CCCCc1ncc(C=C(Cc2cccs2)C(=O)O)n1Cc1ccc(-c2nnn[nH]2)cc1Cl. The first-order chi connectivity index (χ1) is 16.0. The van der Waals surface area contributed by atoms with E-state index in [1.165, 1.54) is 0 Å². The number of halogens is 1. The van der Waals surface area contributed by atoms with Gasteiger partial charge >= 0.3 is 5.97 Å². The predicted molar refractivity (Wildman–Crippen MR) is 128 cm³/mol. The number of unbranched alkanes of at least 4 members (excludes halogenated alkanes) is 1. The van der Waals surface area contributed by atoms with Crippen LogP contribution in [0.1, 0.15) is 41.7 Å². The number of nitrogens with one attached hydrogen (secondary N) is 1. The maximum Gasteiger partial charge on any atom is 0.332 e. The molecule has 170 valence electrons. The lowest BCUT2D eigenvalue weighted by atomic mass is 10.1. The second kappa shape index (κ2) is 10.5. The summed E-state index contributed by atoms with van der Waals surface area (Å²) in [4.78, 5) is 17.6. The highest BCUT2D eigenvalue weighted by Crippen LogP contribution is 2.26. The lowest BCUT2D eigenvalue weighted by Crippen LogP contribution is -2.09. The van der Waals surface area contributed by atoms with E-state index in [-0.39, 0.29) is 0 Å². The summed E-state index contributed by atoms with van der Waals surface area (Å²) in [6, 6.07) is 9.52. The summed E-state index contributed by atoms with van der Waals surface area (Å²) < 4.78 is 2.05. The maximum atomic E-state index is 11.9. The largest absolute Gasteiger partial charge is 0.478 e. The first kappa shape index (κ1) is 22.9. The van der Waals surface area contributed by atoms with Gasteiger partial charge in [-0.2, -0.15) is 0 Å². The number of imidazole rings is 1. The molecule has 3 aromatic heterocycles. The molecule has 0 radical (unpaired) electrons. The van der Waals surface area contributed by atoms with Gasteiger partial charge in [-0.1, -0.05) is 43.1 Å². The van der Waals surface area contributed by atoms with Gasteiger partial charge in [-0.3, -0.25) is 0 Å². The molecule has 0 spiro atoms. The standard InChI is InChI=1S/C23H23ClN6O2S/c1-2-3-6-21-25-13-18(10-17(23(31)32)11-19-5-4-9-33-19)30(21)14-16-8-7-15(12-20(16)24)22-26-28-29-27-22/h4-5,7-10,12-13H,2-3,6,11,14H2,1H3,(H,31,32)(H,26,27,28,29). The molecule has 0 aliphatic carbocycles. The van der Waals surface area contributed by atoms with Gasteiger partial charge in [-0.15, -0.1) is 16.4 Å². The quantitative estimate of drug-likeness (QED) is 0.312. The number of carbonyl (C=O) groups is 1. The van der Waals surface area contributed by atoms with Crippen LogP contribution < -0.4 is 0 Å². The second-order valence-electron chi connectivity index (χ2n) is 7.58. The Labute approximate surface area is 200 Å². The molecule has 0 amide bonds. The number of nitrogens with zero attached hydrogens (tertiary/aromatic N) is 5. The Morgan fingerprint density at radius 3 is 2.88 bits per heavy atom. The third kappa shape index (κ3) is 5.55. The van der Waals surface area contributed by atoms with Crippen molar-refractivity contribution in [3.8, 4) is 11.4 Å². The van der Waals surface area contributed by atoms with E-state index in [1.54, 1.807) is 23.6 Å². The van der Waals surface area contributed by atoms with Crippen molar-refractivity contribution in [3.63, 3.8) is 0 Å². The van der Waals surface area contributed by atoms with Crippen LogP contribution in [0.4, 0.5) is 0 Å². The van der Waals surface area contributed by atoms with Gasteiger partial charge in [0, 0.05) is 33.9 Å². The van der Waals surface area contributed by atoms with Gasteiger partial charge in [-0.05, 0) is 46.0 Å². The number of hydrogen-bond acceptors (Lipinski definition) is 6. The van der Waals surface area contributed by atoms with Crippen LogP contribution in [0.25, 0.3) is 17.5 Å². The van der Waals surface area contributed by atoms with E-state index in [0.717, 1.165) is 46.8 Å². The number of aromatic amines is 1. The number of carboxylic acid groups (broad SMARTS) is 1. The molecule has 0 fully saturated rings. The second-order valence-corrected chi connectivity index (χ2v) is 9.02. The molecule has 0 atom stereocenters. The Morgan fingerprint density at radius 1 is 1.33 bits per heavy atom. The van der Waals surface area contributed by atoms with Gasteiger partial charge in [0.1, 0.15) is 5.82 Å². The molecule has 33 heavy (non-hydrogen) atoms. The fourth-order valence-electron chi connectivity index (χ4n) is 3.50. The van der Waals surface area contributed by atoms with Crippen molar-refractivity contribution in [2.75, 3.05) is 0 Å². The molecule has 2 N–H and O–H groups in total. The fraction of sp³-hybridized carbons (Fsp3) is 0.261. The molecule has 1 aromatic carbocycles. The molecule has 0 aliphatic rings. The van der Waals surface area contributed by atoms with Crippen LogP contribution in [-0.4, -0.2) is 41.3 Å². The minimum absolute atomic E-state index is 0.319. The van der Waals surface area contributed by atoms with Crippen molar-refractivity contribution in [3.05, 3.63) is 74.5 Å². The summed E-state index contributed by atoms with van der Waals surface area (Å²) in [5.74, 6) is 0.510. The maximum absolute atomic E-state index is 11.9. The molecule has 8 nitrogen and oxygen atoms in total. The van der Waals surface area contributed by atoms with Gasteiger partial charge in [0.2, 0.25) is 0 Å². The highest BCUT2D eigenvalue weighted by atomic mass is 35.5. The van der Waals surface area contributed by atoms with Crippen LogP contribution in [0.2, 0.25) is 5.02 Å². The van der Waals surface area contributed by atoms with Crippen LogP contribution in [0.3, 0.4) is 0 Å². The van der Waals surface area contributed by atoms with E-state index in [0.29, 0.717) is 29.4 Å². The molecule has 10 heteroatoms. The van der Waals surface area contributed by atoms with Crippen molar-refractivity contribution in [2.45, 2.75) is 39.2 Å². The number of tetrazole rings is 1. The topological polar surface area (TPSA) is 110 Å². The first-order valence-corrected chi connectivity index (χ1v) is 11.8. The Morgan fingerprint density at radius 2 is 2.21 bits per heavy atom. The molecule has 0 bridgehead atoms. The summed E-state index contributed by atoms with van der Waals surface area (Å²) in [7, 11) is 0. The number of carboxylic acids is 1. The van der Waals surface area contributed by atoms with Crippen LogP contribution in [-0.2, 0) is 24.2 Å². The molecular weight excluding hydrogens is 460 g/mol. The predicted octanol–water partition coefficient (Wildman–Crippen LogP) is 4.88. The molecular formula is C23H23ClN6O2S. The minimum Gasteiger partial charge on any atom is -0.478 e. The van der Waals surface area contributed by atoms with Crippen molar-refractivity contribution in [1.82, 2.24) is 30.2 Å². The van der Waals surface area contributed by atoms with Crippen LogP contribution in [0.5, 0.6) is 0 Å². The van der Waals surface area contributed by atoms with Gasteiger partial charge in [0.05, 0.1) is 18.4 Å². The zero-order valence-electron chi connectivity index (χ0n) is 18.0. The lowest BCUT2D eigenvalue weighted by molar-refractivity contribution is -0.132. The van der Waals surface area contributed by atoms with Gasteiger partial charge in [-0.25, -0.2) is 14.9 Å². The van der Waals surface area contributed by atoms with Crippen molar-refractivity contribution in [1.29, 1.82) is 0 Å². The average Bonchev–Trinajstić information content (AvgIpc) is 3.57. The van der Waals surface area contributed by atoms with Crippen molar-refractivity contribution < 1.29 is 9.90 Å². The first-order valence-electron chi connectivity index (χ1n) is 10.6. The number of H-pyrrole nitrogens is 1. The monoisotopic (exact) mass is 482 g/mol. The highest BCUT2D eigenvalue weighted by molar-refractivity contribution is 7.09. The summed E-state index contributed by atoms with van der Waals surface area (Å²) in [6.07, 6.45) is 6.65. The van der Waals surface area contributed by atoms with Crippen molar-refractivity contribution in [2.24, 2.45) is 0 Å². The van der Waals surface area contributed by atoms with Gasteiger partial charge in [0.25, 0.3) is 0 Å². The molecule has 4 rings (SSSR count). The number of aliphatic carboxylic acids is 1. The molecule has 3 heterocycles. The highest BCUT2D eigenvalue weighted by Gasteiger charge is 2.15. The zero-order valence-corrected chi connectivity index (χ0v) is 19.6. The fourth-order valence-corrected chi connectivity index (χ4v) is 4.47. The third-order valence-corrected chi connectivity index (χ3v) is 6.49. The summed E-state index contributed by atoms with van der Waals surface area (Å²) >= 11 is 8.14. The van der Waals surface area contributed by atoms with Gasteiger partial charge in [0.15, 0.2) is 5.82 Å². The van der Waals surface area contributed by atoms with Gasteiger partial charge < -0.3 is 9.67 Å². The number of aromatic nitrogens is 6. The Bertz CT molecular complexity index is 1250. The van der Waals surface area contributed by atoms with Crippen molar-refractivity contribution >= 4 is 35.0 Å². The molecule has 0 unspecified atom stereocenters. The summed E-state index contributed by atoms with van der Waals surface area (Å²) in [6.45, 7) is 2.61. The van der Waals surface area contributed by atoms with Crippen LogP contribution >= 0.6 is 22.9 Å². The normalized spacial score (nSPS) is 11.8. The van der Waals surface area contributed by atoms with Crippen LogP contribution in [0.15, 0.2) is 47.5 Å². The van der Waals surface area contributed by atoms with E-state index in [2.05, 4.69) is 32.5 Å². The Balaban J connectivity index is 1.67. The smallest absolute Gasteiger partial charge is 0.332 e. The Kier molecular flexibility index (Phi) is 7.31. The zero-order chi connectivity index (χ0) is 23.2. The lowest BCUT2D eigenvalue weighted by Gasteiger charge is -2.13. The Hall–Kier alpha value is -3.30. The van der Waals surface area contributed by atoms with E-state index < -0.39 is 5.97 Å². The number of hydrogen-bond donors (Lipinski definition) is 2. The minimum atomic E-state index is -0.936. The summed E-state index contributed by atoms with van der Waals surface area (Å²) in [5, 5.41) is 26.2. The number of benzene rings is 1. The van der Waals surface area contributed by atoms with E-state index in [9.17, 15) is 9.90 Å². The molecule has 0 saturated carbocycles. The summed E-state index contributed by atoms with van der Waals surface area (Å²) in [5.41, 5.74) is 2.75. The van der Waals surface area contributed by atoms with Crippen LogP contribution in [0, 0.1) is 0 Å². The number of thiophene rings is 1.